The molecule has 29 heavy (non-hydrogen) atoms. The first-order valence-electron chi connectivity index (χ1n) is 8.05. The number of esters is 1. The molecule has 0 radical (unpaired) electrons. The predicted octanol–water partition coefficient (Wildman–Crippen LogP) is 3.07. The Bertz CT molecular complexity index is 965. The lowest BCUT2D eigenvalue weighted by Gasteiger charge is -2.15. The summed E-state index contributed by atoms with van der Waals surface area (Å²) < 4.78 is 41.7. The van der Waals surface area contributed by atoms with Crippen molar-refractivity contribution in [3.05, 3.63) is 57.6 Å². The second kappa shape index (κ2) is 8.95. The molecule has 0 aromatic heterocycles. The highest BCUT2D eigenvalue weighted by Crippen LogP contribution is 2.35. The number of rotatable bonds is 7. The fourth-order valence-corrected chi connectivity index (χ4v) is 2.29. The summed E-state index contributed by atoms with van der Waals surface area (Å²) in [5, 5.41) is 13.3. The molecule has 0 aliphatic rings. The SMILES string of the molecule is COc1cc(C(=O)O[C@H](C)C(=O)Nc2cc(F)ccc2F)c([N+](=O)[O-])cc1OC. The molecule has 1 amide bonds. The minimum Gasteiger partial charge on any atom is -0.493 e. The summed E-state index contributed by atoms with van der Waals surface area (Å²) in [4.78, 5) is 35.0. The first-order chi connectivity index (χ1) is 13.7. The van der Waals surface area contributed by atoms with Crippen LogP contribution < -0.4 is 14.8 Å². The van der Waals surface area contributed by atoms with Gasteiger partial charge in [-0.1, -0.05) is 0 Å². The zero-order valence-corrected chi connectivity index (χ0v) is 15.5. The number of nitrogens with one attached hydrogen (secondary N) is 1. The minimum atomic E-state index is -1.47. The van der Waals surface area contributed by atoms with E-state index in [-0.39, 0.29) is 11.5 Å². The van der Waals surface area contributed by atoms with Gasteiger partial charge in [-0.2, -0.15) is 0 Å². The van der Waals surface area contributed by atoms with Crippen LogP contribution >= 0.6 is 0 Å². The standard InChI is InChI=1S/C18H16F2N2O7/c1-9(17(23)21-13-6-10(19)4-5-12(13)20)29-18(24)11-7-15(27-2)16(28-3)8-14(11)22(25)26/h4-9H,1-3H3,(H,21,23)/t9-/m1/s1. The van der Waals surface area contributed by atoms with Crippen LogP contribution in [0.5, 0.6) is 11.5 Å². The third kappa shape index (κ3) is 4.94. The molecule has 154 valence electrons. The van der Waals surface area contributed by atoms with Crippen LogP contribution in [-0.2, 0) is 9.53 Å². The Kier molecular flexibility index (Phi) is 6.65. The van der Waals surface area contributed by atoms with Crippen LogP contribution in [0, 0.1) is 21.7 Å². The van der Waals surface area contributed by atoms with Crippen molar-refractivity contribution < 1.29 is 37.5 Å². The number of benzene rings is 2. The number of halogens is 2. The van der Waals surface area contributed by atoms with E-state index in [4.69, 9.17) is 14.2 Å². The zero-order chi connectivity index (χ0) is 21.7. The highest BCUT2D eigenvalue weighted by molar-refractivity contribution is 5.99. The summed E-state index contributed by atoms with van der Waals surface area (Å²) in [5.41, 5.74) is -1.56. The third-order valence-electron chi connectivity index (χ3n) is 3.76. The van der Waals surface area contributed by atoms with Gasteiger partial charge in [0.2, 0.25) is 0 Å². The van der Waals surface area contributed by atoms with Crippen LogP contribution in [0.1, 0.15) is 17.3 Å². The highest BCUT2D eigenvalue weighted by atomic mass is 19.1. The van der Waals surface area contributed by atoms with E-state index >= 15 is 0 Å². The van der Waals surface area contributed by atoms with Crippen molar-refractivity contribution in [2.24, 2.45) is 0 Å². The van der Waals surface area contributed by atoms with Gasteiger partial charge in [0.1, 0.15) is 17.2 Å². The molecule has 2 aromatic carbocycles. The zero-order valence-electron chi connectivity index (χ0n) is 15.5. The Morgan fingerprint density at radius 2 is 1.72 bits per heavy atom. The highest BCUT2D eigenvalue weighted by Gasteiger charge is 2.28. The molecule has 0 bridgehead atoms. The van der Waals surface area contributed by atoms with Gasteiger partial charge < -0.3 is 19.5 Å². The number of carbonyl (C=O) groups is 2. The number of hydrogen-bond acceptors (Lipinski definition) is 7. The molecule has 0 aliphatic heterocycles. The van der Waals surface area contributed by atoms with Crippen LogP contribution in [0.25, 0.3) is 0 Å². The van der Waals surface area contributed by atoms with Gasteiger partial charge in [0, 0.05) is 12.1 Å². The van der Waals surface area contributed by atoms with Gasteiger partial charge in [-0.15, -0.1) is 0 Å². The number of nitro groups is 1. The molecule has 0 heterocycles. The number of nitro benzene ring substituents is 1. The lowest BCUT2D eigenvalue weighted by Crippen LogP contribution is -2.30. The molecule has 0 aliphatic carbocycles. The summed E-state index contributed by atoms with van der Waals surface area (Å²) >= 11 is 0. The van der Waals surface area contributed by atoms with Gasteiger partial charge in [0.25, 0.3) is 11.6 Å². The minimum absolute atomic E-state index is 0.0168. The molecule has 11 heteroatoms. The average Bonchev–Trinajstić information content (AvgIpc) is 2.69. The molecular formula is C18H16F2N2O7. The maximum absolute atomic E-state index is 13.6. The van der Waals surface area contributed by atoms with Crippen molar-refractivity contribution >= 4 is 23.3 Å². The number of nitrogens with zero attached hydrogens (tertiary/aromatic N) is 1. The van der Waals surface area contributed by atoms with Crippen molar-refractivity contribution in [2.45, 2.75) is 13.0 Å². The van der Waals surface area contributed by atoms with Gasteiger partial charge in [-0.05, 0) is 19.1 Å². The second-order valence-electron chi connectivity index (χ2n) is 5.64. The molecule has 1 atom stereocenters. The van der Waals surface area contributed by atoms with E-state index in [1.54, 1.807) is 0 Å². The summed E-state index contributed by atoms with van der Waals surface area (Å²) in [6, 6.07) is 4.44. The van der Waals surface area contributed by atoms with E-state index in [9.17, 15) is 28.5 Å². The second-order valence-corrected chi connectivity index (χ2v) is 5.64. The summed E-state index contributed by atoms with van der Waals surface area (Å²) in [5.74, 6) is -3.79. The first kappa shape index (κ1) is 21.5. The maximum atomic E-state index is 13.6. The van der Waals surface area contributed by atoms with Gasteiger partial charge in [0.15, 0.2) is 17.6 Å². The van der Waals surface area contributed by atoms with Crippen molar-refractivity contribution in [3.8, 4) is 11.5 Å². The largest absolute Gasteiger partial charge is 0.493 e. The number of carbonyl (C=O) groups excluding carboxylic acids is 2. The van der Waals surface area contributed by atoms with Crippen molar-refractivity contribution in [1.29, 1.82) is 0 Å². The Labute approximate surface area is 163 Å². The van der Waals surface area contributed by atoms with E-state index in [0.717, 1.165) is 37.3 Å². The number of methoxy groups -OCH3 is 2. The molecule has 0 saturated carbocycles. The Morgan fingerprint density at radius 3 is 2.31 bits per heavy atom. The van der Waals surface area contributed by atoms with Gasteiger partial charge >= 0.3 is 5.97 Å². The third-order valence-corrected chi connectivity index (χ3v) is 3.76. The molecule has 0 spiro atoms. The van der Waals surface area contributed by atoms with Crippen molar-refractivity contribution in [2.75, 3.05) is 19.5 Å². The number of ether oxygens (including phenoxy) is 3. The topological polar surface area (TPSA) is 117 Å². The van der Waals surface area contributed by atoms with Crippen LogP contribution in [0.4, 0.5) is 20.2 Å². The van der Waals surface area contributed by atoms with E-state index in [1.807, 2.05) is 0 Å². The Hall–Kier alpha value is -3.76. The molecule has 1 N–H and O–H groups in total. The monoisotopic (exact) mass is 410 g/mol. The van der Waals surface area contributed by atoms with Gasteiger partial charge in [0.05, 0.1) is 30.9 Å². The molecule has 2 rings (SSSR count). The predicted molar refractivity (Wildman–Crippen MR) is 96.1 cm³/mol. The maximum Gasteiger partial charge on any atom is 0.346 e. The van der Waals surface area contributed by atoms with Crippen LogP contribution in [-0.4, -0.2) is 37.1 Å². The van der Waals surface area contributed by atoms with E-state index in [2.05, 4.69) is 5.32 Å². The lowest BCUT2D eigenvalue weighted by atomic mass is 10.1. The molecular weight excluding hydrogens is 394 g/mol. The average molecular weight is 410 g/mol. The quantitative estimate of drug-likeness (QED) is 0.423. The summed E-state index contributed by atoms with van der Waals surface area (Å²) in [7, 11) is 2.53. The molecule has 0 unspecified atom stereocenters. The van der Waals surface area contributed by atoms with E-state index < -0.39 is 51.5 Å². The molecule has 0 saturated heterocycles. The van der Waals surface area contributed by atoms with E-state index in [0.29, 0.717) is 0 Å². The fourth-order valence-electron chi connectivity index (χ4n) is 2.29. The molecule has 2 aromatic rings. The Morgan fingerprint density at radius 1 is 1.10 bits per heavy atom. The van der Waals surface area contributed by atoms with Crippen molar-refractivity contribution in [1.82, 2.24) is 0 Å². The van der Waals surface area contributed by atoms with Crippen LogP contribution in [0.3, 0.4) is 0 Å². The first-order valence-corrected chi connectivity index (χ1v) is 8.05. The van der Waals surface area contributed by atoms with E-state index in [1.165, 1.54) is 14.2 Å². The number of hydrogen-bond donors (Lipinski definition) is 1. The van der Waals surface area contributed by atoms with Crippen LogP contribution in [0.2, 0.25) is 0 Å². The fraction of sp³-hybridized carbons (Fsp3) is 0.222. The lowest BCUT2D eigenvalue weighted by molar-refractivity contribution is -0.385. The van der Waals surface area contributed by atoms with Gasteiger partial charge in [-0.3, -0.25) is 14.9 Å². The summed E-state index contributed by atoms with van der Waals surface area (Å²) in [6.45, 7) is 1.16. The summed E-state index contributed by atoms with van der Waals surface area (Å²) in [6.07, 6.45) is -1.47. The number of amides is 1. The van der Waals surface area contributed by atoms with Gasteiger partial charge in [-0.25, -0.2) is 13.6 Å². The normalized spacial score (nSPS) is 11.3. The Balaban J connectivity index is 2.23. The molecule has 9 nitrogen and oxygen atoms in total. The molecule has 0 fully saturated rings. The van der Waals surface area contributed by atoms with Crippen LogP contribution in [0.15, 0.2) is 30.3 Å². The number of anilines is 1. The smallest absolute Gasteiger partial charge is 0.346 e. The van der Waals surface area contributed by atoms with Crippen molar-refractivity contribution in [3.63, 3.8) is 0 Å².